The number of pyridine rings is 1. The van der Waals surface area contributed by atoms with Crippen molar-refractivity contribution in [1.82, 2.24) is 4.98 Å². The van der Waals surface area contributed by atoms with Gasteiger partial charge in [-0.2, -0.15) is 0 Å². The second-order valence-electron chi connectivity index (χ2n) is 6.72. The highest BCUT2D eigenvalue weighted by atomic mass is 79.9. The number of carbonyl (C=O) groups excluding carboxylic acids is 1. The van der Waals surface area contributed by atoms with Gasteiger partial charge >= 0.3 is 0 Å². The zero-order chi connectivity index (χ0) is 18.7. The summed E-state index contributed by atoms with van der Waals surface area (Å²) >= 11 is 3.44. The van der Waals surface area contributed by atoms with Crippen molar-refractivity contribution in [2.75, 3.05) is 5.32 Å². The summed E-state index contributed by atoms with van der Waals surface area (Å²) in [5.41, 5.74) is 2.39. The van der Waals surface area contributed by atoms with Crippen molar-refractivity contribution in [1.29, 1.82) is 0 Å². The second-order valence-corrected chi connectivity index (χ2v) is 7.64. The minimum atomic E-state index is -0.409. The molecule has 0 bridgehead atoms. The van der Waals surface area contributed by atoms with Crippen LogP contribution in [0.1, 0.15) is 24.0 Å². The lowest BCUT2D eigenvalue weighted by Crippen LogP contribution is -2.27. The lowest BCUT2D eigenvalue weighted by atomic mass is 9.95. The summed E-state index contributed by atoms with van der Waals surface area (Å²) in [5, 5.41) is 3.05. The first-order valence-electron chi connectivity index (χ1n) is 8.85. The predicted molar refractivity (Wildman–Crippen MR) is 109 cm³/mol. The minimum Gasteiger partial charge on any atom is -0.489 e. The molecule has 0 aliphatic heterocycles. The van der Waals surface area contributed by atoms with Crippen LogP contribution in [0.4, 0.5) is 5.69 Å². The van der Waals surface area contributed by atoms with E-state index in [1.54, 1.807) is 12.4 Å². The molecule has 1 aliphatic carbocycles. The fraction of sp³-hybridized carbons (Fsp3) is 0.182. The number of amides is 1. The minimum absolute atomic E-state index is 0.0363. The number of hydrogen-bond donors (Lipinski definition) is 1. The molecule has 1 heterocycles. The summed E-state index contributed by atoms with van der Waals surface area (Å²) in [4.78, 5) is 17.0. The van der Waals surface area contributed by atoms with E-state index >= 15 is 0 Å². The van der Waals surface area contributed by atoms with Gasteiger partial charge in [-0.1, -0.05) is 40.2 Å². The summed E-state index contributed by atoms with van der Waals surface area (Å²) in [6.45, 7) is 0.439. The van der Waals surface area contributed by atoms with E-state index in [2.05, 4.69) is 26.2 Å². The lowest BCUT2D eigenvalue weighted by molar-refractivity contribution is -0.118. The molecule has 0 saturated heterocycles. The molecule has 2 aromatic carbocycles. The molecule has 4 nitrogen and oxygen atoms in total. The van der Waals surface area contributed by atoms with Crippen LogP contribution in [0, 0.1) is 0 Å². The molecule has 1 amide bonds. The van der Waals surface area contributed by atoms with Gasteiger partial charge in [0.1, 0.15) is 12.4 Å². The maximum absolute atomic E-state index is 12.9. The molecular weight excluding hydrogens is 404 g/mol. The van der Waals surface area contributed by atoms with Crippen molar-refractivity contribution in [3.63, 3.8) is 0 Å². The molecule has 27 heavy (non-hydrogen) atoms. The zero-order valence-electron chi connectivity index (χ0n) is 14.7. The van der Waals surface area contributed by atoms with Gasteiger partial charge in [0.2, 0.25) is 5.91 Å². The quantitative estimate of drug-likeness (QED) is 0.601. The molecule has 1 aromatic heterocycles. The Labute approximate surface area is 166 Å². The number of carbonyl (C=O) groups is 1. The number of hydrogen-bond acceptors (Lipinski definition) is 3. The highest BCUT2D eigenvalue weighted by molar-refractivity contribution is 9.10. The molecule has 0 spiro atoms. The largest absolute Gasteiger partial charge is 0.489 e. The molecule has 1 N–H and O–H groups in total. The van der Waals surface area contributed by atoms with E-state index in [1.807, 2.05) is 60.7 Å². The van der Waals surface area contributed by atoms with Gasteiger partial charge in [-0.3, -0.25) is 9.78 Å². The highest BCUT2D eigenvalue weighted by Crippen LogP contribution is 2.49. The Morgan fingerprint density at radius 2 is 1.93 bits per heavy atom. The average molecular weight is 423 g/mol. The third kappa shape index (κ3) is 4.03. The fourth-order valence-electron chi connectivity index (χ4n) is 3.11. The van der Waals surface area contributed by atoms with Gasteiger partial charge < -0.3 is 10.1 Å². The molecule has 136 valence electrons. The first kappa shape index (κ1) is 17.7. The molecule has 3 aromatic rings. The smallest absolute Gasteiger partial charge is 0.235 e. The first-order valence-corrected chi connectivity index (χ1v) is 9.64. The summed E-state index contributed by atoms with van der Waals surface area (Å²) in [7, 11) is 0. The number of anilines is 1. The molecule has 4 rings (SSSR count). The number of benzene rings is 2. The van der Waals surface area contributed by atoms with Crippen molar-refractivity contribution < 1.29 is 9.53 Å². The third-order valence-corrected chi connectivity index (χ3v) is 5.33. The zero-order valence-corrected chi connectivity index (χ0v) is 16.3. The topological polar surface area (TPSA) is 51.2 Å². The summed E-state index contributed by atoms with van der Waals surface area (Å²) in [6.07, 6.45) is 5.26. The van der Waals surface area contributed by atoms with Crippen LogP contribution in [0.5, 0.6) is 5.75 Å². The molecule has 1 aliphatic rings. The van der Waals surface area contributed by atoms with Crippen molar-refractivity contribution in [3.8, 4) is 5.75 Å². The van der Waals surface area contributed by atoms with Crippen molar-refractivity contribution in [3.05, 3.63) is 88.7 Å². The van der Waals surface area contributed by atoms with E-state index in [4.69, 9.17) is 4.74 Å². The van der Waals surface area contributed by atoms with E-state index in [1.165, 1.54) is 0 Å². The Bertz CT molecular complexity index is 938. The van der Waals surface area contributed by atoms with Gasteiger partial charge in [0.15, 0.2) is 0 Å². The summed E-state index contributed by atoms with van der Waals surface area (Å²) in [5.74, 6) is 0.749. The van der Waals surface area contributed by atoms with Crippen LogP contribution >= 0.6 is 15.9 Å². The van der Waals surface area contributed by atoms with Crippen LogP contribution in [-0.2, 0) is 16.8 Å². The Morgan fingerprint density at radius 3 is 2.63 bits per heavy atom. The second kappa shape index (κ2) is 7.53. The average Bonchev–Trinajstić information content (AvgIpc) is 3.50. The SMILES string of the molecule is O=C(Nc1cccc(OCc2cccnc2)c1)C1(c2ccc(Br)cc2)CC1. The van der Waals surface area contributed by atoms with Crippen LogP contribution in [0.3, 0.4) is 0 Å². The Hall–Kier alpha value is -2.66. The number of nitrogens with zero attached hydrogens (tertiary/aromatic N) is 1. The van der Waals surface area contributed by atoms with Gasteiger partial charge in [0.25, 0.3) is 0 Å². The van der Waals surface area contributed by atoms with Crippen LogP contribution in [0.2, 0.25) is 0 Å². The van der Waals surface area contributed by atoms with Crippen LogP contribution in [0.15, 0.2) is 77.5 Å². The van der Waals surface area contributed by atoms with Crippen molar-refractivity contribution >= 4 is 27.5 Å². The molecular formula is C22H19BrN2O2. The number of ether oxygens (including phenoxy) is 1. The number of aromatic nitrogens is 1. The van der Waals surface area contributed by atoms with Gasteiger partial charge in [-0.25, -0.2) is 0 Å². The predicted octanol–water partition coefficient (Wildman–Crippen LogP) is 5.09. The standard InChI is InChI=1S/C22H19BrN2O2/c23-18-8-6-17(7-9-18)22(10-11-22)21(26)25-19-4-1-5-20(13-19)27-15-16-3-2-12-24-14-16/h1-9,12-14H,10-11,15H2,(H,25,26). The monoisotopic (exact) mass is 422 g/mol. The number of rotatable bonds is 6. The molecule has 0 atom stereocenters. The highest BCUT2D eigenvalue weighted by Gasteiger charge is 2.51. The van der Waals surface area contributed by atoms with Crippen LogP contribution in [-0.4, -0.2) is 10.9 Å². The van der Waals surface area contributed by atoms with Crippen LogP contribution in [0.25, 0.3) is 0 Å². The Kier molecular flexibility index (Phi) is 4.94. The normalized spacial score (nSPS) is 14.4. The van der Waals surface area contributed by atoms with Crippen LogP contribution < -0.4 is 10.1 Å². The Morgan fingerprint density at radius 1 is 1.11 bits per heavy atom. The summed E-state index contributed by atoms with van der Waals surface area (Å²) < 4.78 is 6.83. The van der Waals surface area contributed by atoms with Gasteiger partial charge in [-0.05, 0) is 48.7 Å². The molecule has 1 saturated carbocycles. The first-order chi connectivity index (χ1) is 13.2. The van der Waals surface area contributed by atoms with Gasteiger partial charge in [-0.15, -0.1) is 0 Å². The van der Waals surface area contributed by atoms with Gasteiger partial charge in [0, 0.05) is 34.2 Å². The molecule has 0 unspecified atom stereocenters. The number of nitrogens with one attached hydrogen (secondary N) is 1. The van der Waals surface area contributed by atoms with E-state index in [9.17, 15) is 4.79 Å². The molecule has 1 fully saturated rings. The lowest BCUT2D eigenvalue weighted by Gasteiger charge is -2.16. The maximum Gasteiger partial charge on any atom is 0.235 e. The van der Waals surface area contributed by atoms with Crippen molar-refractivity contribution in [2.24, 2.45) is 0 Å². The maximum atomic E-state index is 12.9. The molecule has 5 heteroatoms. The van der Waals surface area contributed by atoms with Crippen molar-refractivity contribution in [2.45, 2.75) is 24.9 Å². The van der Waals surface area contributed by atoms with E-state index in [-0.39, 0.29) is 5.91 Å². The van der Waals surface area contributed by atoms with Gasteiger partial charge in [0.05, 0.1) is 5.41 Å². The molecule has 0 radical (unpaired) electrons. The number of halogens is 1. The van der Waals surface area contributed by atoms with E-state index in [0.717, 1.165) is 34.1 Å². The van der Waals surface area contributed by atoms with E-state index in [0.29, 0.717) is 12.4 Å². The Balaban J connectivity index is 1.43. The fourth-order valence-corrected chi connectivity index (χ4v) is 3.37. The summed E-state index contributed by atoms with van der Waals surface area (Å²) in [6, 6.07) is 19.3. The third-order valence-electron chi connectivity index (χ3n) is 4.80. The van der Waals surface area contributed by atoms with E-state index < -0.39 is 5.41 Å².